The molecule has 1 aromatic heterocycles. The molecule has 0 bridgehead atoms. The summed E-state index contributed by atoms with van der Waals surface area (Å²) >= 11 is 5.96. The van der Waals surface area contributed by atoms with Gasteiger partial charge in [-0.3, -0.25) is 4.79 Å². The van der Waals surface area contributed by atoms with Gasteiger partial charge in [0.1, 0.15) is 23.1 Å². The smallest absolute Gasteiger partial charge is 0.407 e. The number of hydrogen-bond donors (Lipinski definition) is 2. The Kier molecular flexibility index (Phi) is 6.85. The van der Waals surface area contributed by atoms with Gasteiger partial charge >= 0.3 is 6.09 Å². The van der Waals surface area contributed by atoms with Crippen molar-refractivity contribution in [2.75, 3.05) is 18.4 Å². The van der Waals surface area contributed by atoms with E-state index >= 15 is 0 Å². The van der Waals surface area contributed by atoms with Crippen LogP contribution in [-0.2, 0) is 11.2 Å². The molecular weight excluding hydrogens is 454 g/mol. The van der Waals surface area contributed by atoms with Crippen molar-refractivity contribution in [1.29, 1.82) is 5.26 Å². The average molecular weight is 478 g/mol. The Labute approximate surface area is 202 Å². The SMILES string of the molecule is CC(=O)Nc1c(C#N)c(-c2ccc(Cc3ccc(Cl)cc3)cc2)nn1C1CCCN(C(=O)O)C1. The number of rotatable bonds is 5. The predicted octanol–water partition coefficient (Wildman–Crippen LogP) is 4.94. The quantitative estimate of drug-likeness (QED) is 0.540. The minimum atomic E-state index is -0.991. The number of nitrogens with zero attached hydrogens (tertiary/aromatic N) is 4. The molecule has 3 aromatic rings. The maximum absolute atomic E-state index is 11.9. The number of carboxylic acid groups (broad SMARTS) is 1. The first-order valence-electron chi connectivity index (χ1n) is 11.0. The Morgan fingerprint density at radius 2 is 1.82 bits per heavy atom. The first-order valence-corrected chi connectivity index (χ1v) is 11.4. The fraction of sp³-hybridized carbons (Fsp3) is 0.280. The Balaban J connectivity index is 1.67. The van der Waals surface area contributed by atoms with E-state index in [9.17, 15) is 20.0 Å². The fourth-order valence-electron chi connectivity index (χ4n) is 4.24. The molecule has 174 valence electrons. The van der Waals surface area contributed by atoms with Gasteiger partial charge < -0.3 is 15.3 Å². The highest BCUT2D eigenvalue weighted by Crippen LogP contribution is 2.33. The number of likely N-dealkylation sites (tertiary alicyclic amines) is 1. The molecule has 1 atom stereocenters. The van der Waals surface area contributed by atoms with Crippen molar-refractivity contribution in [3.63, 3.8) is 0 Å². The van der Waals surface area contributed by atoms with E-state index in [1.807, 2.05) is 48.5 Å². The van der Waals surface area contributed by atoms with E-state index in [0.29, 0.717) is 35.9 Å². The summed E-state index contributed by atoms with van der Waals surface area (Å²) in [6.07, 6.45) is 1.12. The number of piperidine rings is 1. The molecule has 1 aliphatic rings. The third-order valence-corrected chi connectivity index (χ3v) is 6.13. The van der Waals surface area contributed by atoms with E-state index in [1.165, 1.54) is 11.8 Å². The van der Waals surface area contributed by atoms with Crippen LogP contribution in [0.3, 0.4) is 0 Å². The molecule has 2 heterocycles. The second kappa shape index (κ2) is 9.98. The number of hydrogen-bond acceptors (Lipinski definition) is 4. The van der Waals surface area contributed by atoms with Crippen LogP contribution in [0.1, 0.15) is 42.5 Å². The number of carbonyl (C=O) groups excluding carboxylic acids is 1. The minimum Gasteiger partial charge on any atom is -0.465 e. The van der Waals surface area contributed by atoms with Gasteiger partial charge in [0.2, 0.25) is 5.91 Å². The maximum atomic E-state index is 11.9. The summed E-state index contributed by atoms with van der Waals surface area (Å²) in [6, 6.07) is 17.4. The van der Waals surface area contributed by atoms with Crippen molar-refractivity contribution >= 4 is 29.4 Å². The van der Waals surface area contributed by atoms with Crippen LogP contribution in [0.4, 0.5) is 10.6 Å². The molecule has 0 saturated carbocycles. The van der Waals surface area contributed by atoms with E-state index in [0.717, 1.165) is 23.1 Å². The zero-order chi connectivity index (χ0) is 24.2. The van der Waals surface area contributed by atoms with Crippen LogP contribution in [0, 0.1) is 11.3 Å². The minimum absolute atomic E-state index is 0.244. The first kappa shape index (κ1) is 23.3. The maximum Gasteiger partial charge on any atom is 0.407 e. The summed E-state index contributed by atoms with van der Waals surface area (Å²) in [4.78, 5) is 24.7. The molecule has 2 amide bonds. The number of nitriles is 1. The molecule has 0 radical (unpaired) electrons. The Bertz CT molecular complexity index is 1250. The summed E-state index contributed by atoms with van der Waals surface area (Å²) in [5, 5.41) is 27.5. The topological polar surface area (TPSA) is 111 Å². The van der Waals surface area contributed by atoms with Crippen molar-refractivity contribution in [1.82, 2.24) is 14.7 Å². The second-order valence-corrected chi connectivity index (χ2v) is 8.77. The molecule has 1 aliphatic heterocycles. The number of amides is 2. The summed E-state index contributed by atoms with van der Waals surface area (Å²) in [6.45, 7) is 2.07. The third-order valence-electron chi connectivity index (χ3n) is 5.88. The Morgan fingerprint density at radius 1 is 1.18 bits per heavy atom. The Hall–Kier alpha value is -3.83. The molecular formula is C25H24ClN5O3. The highest BCUT2D eigenvalue weighted by molar-refractivity contribution is 6.30. The summed E-state index contributed by atoms with van der Waals surface area (Å²) in [7, 11) is 0. The first-order chi connectivity index (χ1) is 16.4. The lowest BCUT2D eigenvalue weighted by atomic mass is 10.0. The standard InChI is InChI=1S/C25H24ClN5O3/c1-16(32)28-24-22(14-27)23(29-31(24)21-3-2-12-30(15-21)25(33)34)19-8-4-17(5-9-19)13-18-6-10-20(26)11-7-18/h4-11,21H,2-3,12-13,15H2,1H3,(H,28,32)(H,33,34). The average Bonchev–Trinajstić information content (AvgIpc) is 3.18. The predicted molar refractivity (Wildman–Crippen MR) is 129 cm³/mol. The number of benzene rings is 2. The van der Waals surface area contributed by atoms with Gasteiger partial charge in [-0.25, -0.2) is 9.48 Å². The summed E-state index contributed by atoms with van der Waals surface area (Å²) < 4.78 is 1.60. The Morgan fingerprint density at radius 3 is 2.41 bits per heavy atom. The highest BCUT2D eigenvalue weighted by Gasteiger charge is 2.30. The number of aromatic nitrogens is 2. The van der Waals surface area contributed by atoms with Crippen LogP contribution in [0.25, 0.3) is 11.3 Å². The number of anilines is 1. The van der Waals surface area contributed by atoms with Crippen LogP contribution in [0.5, 0.6) is 0 Å². The molecule has 1 fully saturated rings. The lowest BCUT2D eigenvalue weighted by Gasteiger charge is -2.31. The van der Waals surface area contributed by atoms with Gasteiger partial charge in [0.25, 0.3) is 0 Å². The lowest BCUT2D eigenvalue weighted by Crippen LogP contribution is -2.40. The van der Waals surface area contributed by atoms with Crippen LogP contribution in [0.2, 0.25) is 5.02 Å². The third kappa shape index (κ3) is 5.05. The summed E-state index contributed by atoms with van der Waals surface area (Å²) in [5.41, 5.74) is 3.68. The van der Waals surface area contributed by atoms with Crippen molar-refractivity contribution in [2.24, 2.45) is 0 Å². The van der Waals surface area contributed by atoms with E-state index in [2.05, 4.69) is 11.4 Å². The molecule has 1 saturated heterocycles. The monoisotopic (exact) mass is 477 g/mol. The van der Waals surface area contributed by atoms with Crippen LogP contribution in [-0.4, -0.2) is 44.9 Å². The van der Waals surface area contributed by atoms with Gasteiger partial charge in [0.05, 0.1) is 6.04 Å². The van der Waals surface area contributed by atoms with E-state index < -0.39 is 6.09 Å². The van der Waals surface area contributed by atoms with Crippen molar-refractivity contribution in [2.45, 2.75) is 32.2 Å². The molecule has 2 aromatic carbocycles. The molecule has 9 heteroatoms. The molecule has 4 rings (SSSR count). The van der Waals surface area contributed by atoms with Gasteiger partial charge in [0, 0.05) is 30.6 Å². The summed E-state index contributed by atoms with van der Waals surface area (Å²) in [5.74, 6) is -0.0270. The van der Waals surface area contributed by atoms with Gasteiger partial charge in [-0.2, -0.15) is 10.4 Å². The van der Waals surface area contributed by atoms with E-state index in [-0.39, 0.29) is 24.1 Å². The van der Waals surface area contributed by atoms with Crippen molar-refractivity contribution in [3.05, 3.63) is 70.2 Å². The largest absolute Gasteiger partial charge is 0.465 e. The van der Waals surface area contributed by atoms with Crippen LogP contribution in [0.15, 0.2) is 48.5 Å². The van der Waals surface area contributed by atoms with Gasteiger partial charge in [0.15, 0.2) is 0 Å². The van der Waals surface area contributed by atoms with Gasteiger partial charge in [-0.05, 0) is 42.5 Å². The molecule has 0 spiro atoms. The molecule has 34 heavy (non-hydrogen) atoms. The molecule has 0 aliphatic carbocycles. The zero-order valence-electron chi connectivity index (χ0n) is 18.7. The van der Waals surface area contributed by atoms with Gasteiger partial charge in [-0.1, -0.05) is 48.0 Å². The number of carbonyl (C=O) groups is 2. The number of nitrogens with one attached hydrogen (secondary N) is 1. The highest BCUT2D eigenvalue weighted by atomic mass is 35.5. The van der Waals surface area contributed by atoms with Crippen LogP contribution < -0.4 is 5.32 Å². The van der Waals surface area contributed by atoms with Gasteiger partial charge in [-0.15, -0.1) is 0 Å². The van der Waals surface area contributed by atoms with Crippen LogP contribution >= 0.6 is 11.6 Å². The molecule has 2 N–H and O–H groups in total. The second-order valence-electron chi connectivity index (χ2n) is 8.33. The molecule has 1 unspecified atom stereocenters. The van der Waals surface area contributed by atoms with Crippen molar-refractivity contribution in [3.8, 4) is 17.3 Å². The fourth-order valence-corrected chi connectivity index (χ4v) is 4.37. The normalized spacial score (nSPS) is 15.6. The zero-order valence-corrected chi connectivity index (χ0v) is 19.4. The van der Waals surface area contributed by atoms with E-state index in [4.69, 9.17) is 16.7 Å². The van der Waals surface area contributed by atoms with Crippen molar-refractivity contribution < 1.29 is 14.7 Å². The lowest BCUT2D eigenvalue weighted by molar-refractivity contribution is -0.114. The molecule has 8 nitrogen and oxygen atoms in total. The number of halogens is 1. The van der Waals surface area contributed by atoms with E-state index in [1.54, 1.807) is 4.68 Å².